The van der Waals surface area contributed by atoms with Crippen molar-refractivity contribution >= 4 is 53.1 Å². The van der Waals surface area contributed by atoms with Gasteiger partial charge in [-0.2, -0.15) is 0 Å². The van der Waals surface area contributed by atoms with E-state index >= 15 is 0 Å². The van der Waals surface area contributed by atoms with E-state index in [0.29, 0.717) is 11.3 Å². The van der Waals surface area contributed by atoms with Gasteiger partial charge in [-0.05, 0) is 73.9 Å². The topological polar surface area (TPSA) is 66.9 Å². The Balaban J connectivity index is 0.00000193. The van der Waals surface area contributed by atoms with Crippen molar-refractivity contribution in [1.29, 1.82) is 0 Å². The Morgan fingerprint density at radius 1 is 0.909 bits per heavy atom. The number of nitrogens with zero attached hydrogens (tertiary/aromatic N) is 2. The first kappa shape index (κ1) is 26.0. The molecule has 0 saturated carbocycles. The van der Waals surface area contributed by atoms with Crippen LogP contribution in [0.2, 0.25) is 0 Å². The van der Waals surface area contributed by atoms with Crippen LogP contribution < -0.4 is 10.6 Å². The molecule has 1 heterocycles. The third-order valence-electron chi connectivity index (χ3n) is 5.06. The summed E-state index contributed by atoms with van der Waals surface area (Å²) in [6.45, 7) is 4.67. The Morgan fingerprint density at radius 2 is 1.61 bits per heavy atom. The molecule has 0 atom stereocenters. The minimum Gasteiger partial charge on any atom is -0.369 e. The lowest BCUT2D eigenvalue weighted by atomic mass is 10.1. The third kappa shape index (κ3) is 6.40. The average molecular weight is 487 g/mol. The molecule has 8 heteroatoms. The summed E-state index contributed by atoms with van der Waals surface area (Å²) in [6.07, 6.45) is 0.808. The highest BCUT2D eigenvalue weighted by atomic mass is 35.5. The van der Waals surface area contributed by atoms with Gasteiger partial charge in [0.05, 0.1) is 5.52 Å². The maximum atomic E-state index is 13.0. The quantitative estimate of drug-likeness (QED) is 0.343. The molecule has 5 nitrogen and oxygen atoms in total. The van der Waals surface area contributed by atoms with E-state index in [1.54, 1.807) is 0 Å². The summed E-state index contributed by atoms with van der Waals surface area (Å²) in [6, 6.07) is 19.3. The minimum absolute atomic E-state index is 0. The minimum atomic E-state index is -0.366. The predicted molar refractivity (Wildman–Crippen MR) is 136 cm³/mol. The van der Waals surface area contributed by atoms with Crippen molar-refractivity contribution in [3.8, 4) is 0 Å². The van der Waals surface area contributed by atoms with Gasteiger partial charge < -0.3 is 10.6 Å². The second kappa shape index (κ2) is 11.6. The molecule has 0 bridgehead atoms. The molecule has 172 valence electrons. The summed E-state index contributed by atoms with van der Waals surface area (Å²) in [7, 11) is 0. The van der Waals surface area contributed by atoms with Gasteiger partial charge in [-0.25, -0.2) is 14.4 Å². The van der Waals surface area contributed by atoms with E-state index in [-0.39, 0.29) is 36.5 Å². The van der Waals surface area contributed by atoms with Gasteiger partial charge in [0.2, 0.25) is 0 Å². The molecule has 0 saturated heterocycles. The monoisotopic (exact) mass is 486 g/mol. The Hall–Kier alpha value is -3.22. The van der Waals surface area contributed by atoms with E-state index in [2.05, 4.69) is 33.6 Å². The number of hydrogen-bond acceptors (Lipinski definition) is 4. The van der Waals surface area contributed by atoms with Crippen LogP contribution in [0.4, 0.5) is 15.9 Å². The van der Waals surface area contributed by atoms with E-state index < -0.39 is 0 Å². The number of carbonyl (C=O) groups is 1. The number of benzene rings is 3. The standard InChI is InChI=1S/C25H23FN4O.2ClH/c1-16-4-3-5-22-23(16)28-17(2)29-24(22)27-15-14-18-6-12-21(13-7-18)30-25(31)19-8-10-20(26)11-9-19;;/h3-13H,14-15H2,1-2H3,(H,30,31)(H,27,28,29);2*1H. The van der Waals surface area contributed by atoms with Crippen LogP contribution in [0.1, 0.15) is 27.3 Å². The average Bonchev–Trinajstić information content (AvgIpc) is 2.76. The van der Waals surface area contributed by atoms with Gasteiger partial charge in [0, 0.05) is 23.2 Å². The summed E-state index contributed by atoms with van der Waals surface area (Å²) in [5.74, 6) is 0.949. The largest absolute Gasteiger partial charge is 0.369 e. The van der Waals surface area contributed by atoms with E-state index in [1.165, 1.54) is 24.3 Å². The van der Waals surface area contributed by atoms with Crippen LogP contribution in [0.3, 0.4) is 0 Å². The number of halogens is 3. The summed E-state index contributed by atoms with van der Waals surface area (Å²) < 4.78 is 13.0. The Bertz CT molecular complexity index is 1230. The number of hydrogen-bond donors (Lipinski definition) is 2. The molecular formula is C25H25Cl2FN4O. The van der Waals surface area contributed by atoms with E-state index in [0.717, 1.165) is 46.6 Å². The second-order valence-corrected chi connectivity index (χ2v) is 7.43. The summed E-state index contributed by atoms with van der Waals surface area (Å²) in [5.41, 5.74) is 4.35. The van der Waals surface area contributed by atoms with Gasteiger partial charge in [0.1, 0.15) is 17.5 Å². The molecular weight excluding hydrogens is 462 g/mol. The van der Waals surface area contributed by atoms with Gasteiger partial charge in [0.25, 0.3) is 5.91 Å². The first-order chi connectivity index (χ1) is 15.0. The molecule has 33 heavy (non-hydrogen) atoms. The van der Waals surface area contributed by atoms with Crippen LogP contribution in [0.15, 0.2) is 66.7 Å². The maximum absolute atomic E-state index is 13.0. The molecule has 4 aromatic rings. The lowest BCUT2D eigenvalue weighted by molar-refractivity contribution is 0.102. The van der Waals surface area contributed by atoms with Gasteiger partial charge in [0.15, 0.2) is 0 Å². The highest BCUT2D eigenvalue weighted by Gasteiger charge is 2.08. The van der Waals surface area contributed by atoms with Crippen molar-refractivity contribution in [2.45, 2.75) is 20.3 Å². The van der Waals surface area contributed by atoms with Crippen LogP contribution in [-0.4, -0.2) is 22.4 Å². The number of anilines is 2. The number of fused-ring (bicyclic) bond motifs is 1. The molecule has 1 amide bonds. The molecule has 0 aliphatic heterocycles. The number of nitrogens with one attached hydrogen (secondary N) is 2. The lowest BCUT2D eigenvalue weighted by Gasteiger charge is -2.11. The third-order valence-corrected chi connectivity index (χ3v) is 5.06. The maximum Gasteiger partial charge on any atom is 0.255 e. The molecule has 0 unspecified atom stereocenters. The zero-order chi connectivity index (χ0) is 21.8. The van der Waals surface area contributed by atoms with Gasteiger partial charge in [-0.15, -0.1) is 24.8 Å². The normalized spacial score (nSPS) is 10.2. The fourth-order valence-electron chi connectivity index (χ4n) is 3.43. The first-order valence-corrected chi connectivity index (χ1v) is 10.1. The van der Waals surface area contributed by atoms with Gasteiger partial charge in [-0.3, -0.25) is 4.79 Å². The number of aromatic nitrogens is 2. The second-order valence-electron chi connectivity index (χ2n) is 7.43. The van der Waals surface area contributed by atoms with Gasteiger partial charge >= 0.3 is 0 Å². The fraction of sp³-hybridized carbons (Fsp3) is 0.160. The van der Waals surface area contributed by atoms with E-state index in [9.17, 15) is 9.18 Å². The van der Waals surface area contributed by atoms with E-state index in [4.69, 9.17) is 0 Å². The Morgan fingerprint density at radius 3 is 2.30 bits per heavy atom. The molecule has 4 rings (SSSR count). The molecule has 3 aromatic carbocycles. The number of aryl methyl sites for hydroxylation is 2. The first-order valence-electron chi connectivity index (χ1n) is 10.1. The molecule has 0 spiro atoms. The molecule has 0 radical (unpaired) electrons. The summed E-state index contributed by atoms with van der Waals surface area (Å²) in [5, 5.41) is 7.27. The molecule has 0 aliphatic carbocycles. The molecule has 1 aromatic heterocycles. The van der Waals surface area contributed by atoms with Crippen molar-refractivity contribution in [2.24, 2.45) is 0 Å². The number of rotatable bonds is 6. The van der Waals surface area contributed by atoms with Crippen LogP contribution in [0, 0.1) is 19.7 Å². The molecule has 2 N–H and O–H groups in total. The zero-order valence-corrected chi connectivity index (χ0v) is 19.9. The number of amides is 1. The molecule has 0 fully saturated rings. The summed E-state index contributed by atoms with van der Waals surface area (Å²) >= 11 is 0. The Labute approximate surface area is 204 Å². The van der Waals surface area contributed by atoms with Crippen LogP contribution >= 0.6 is 24.8 Å². The molecule has 0 aliphatic rings. The van der Waals surface area contributed by atoms with Crippen LogP contribution in [-0.2, 0) is 6.42 Å². The SMILES string of the molecule is Cc1nc(NCCc2ccc(NC(=O)c3ccc(F)cc3)cc2)c2cccc(C)c2n1.Cl.Cl. The van der Waals surface area contributed by atoms with Crippen molar-refractivity contribution in [2.75, 3.05) is 17.2 Å². The lowest BCUT2D eigenvalue weighted by Crippen LogP contribution is -2.12. The van der Waals surface area contributed by atoms with Crippen molar-refractivity contribution in [3.05, 3.63) is 95.1 Å². The van der Waals surface area contributed by atoms with Crippen LogP contribution in [0.25, 0.3) is 10.9 Å². The summed E-state index contributed by atoms with van der Waals surface area (Å²) in [4.78, 5) is 21.4. The van der Waals surface area contributed by atoms with Crippen LogP contribution in [0.5, 0.6) is 0 Å². The van der Waals surface area contributed by atoms with Gasteiger partial charge in [-0.1, -0.05) is 24.3 Å². The van der Waals surface area contributed by atoms with Crippen molar-refractivity contribution in [3.63, 3.8) is 0 Å². The highest BCUT2D eigenvalue weighted by Crippen LogP contribution is 2.23. The predicted octanol–water partition coefficient (Wildman–Crippen LogP) is 6.14. The zero-order valence-electron chi connectivity index (χ0n) is 18.3. The smallest absolute Gasteiger partial charge is 0.255 e. The van der Waals surface area contributed by atoms with Crippen molar-refractivity contribution in [1.82, 2.24) is 9.97 Å². The number of carbonyl (C=O) groups excluding carboxylic acids is 1. The highest BCUT2D eigenvalue weighted by molar-refractivity contribution is 6.04. The fourth-order valence-corrected chi connectivity index (χ4v) is 3.43. The van der Waals surface area contributed by atoms with Crippen molar-refractivity contribution < 1.29 is 9.18 Å². The number of para-hydroxylation sites is 1. The Kier molecular flexibility index (Phi) is 9.14. The van der Waals surface area contributed by atoms with E-state index in [1.807, 2.05) is 43.3 Å².